The van der Waals surface area contributed by atoms with Crippen molar-refractivity contribution < 1.29 is 10.2 Å². The number of benzene rings is 1. The lowest BCUT2D eigenvalue weighted by atomic mass is 10.1. The Bertz CT molecular complexity index is 780. The Labute approximate surface area is 134 Å². The first-order valence-corrected chi connectivity index (χ1v) is 7.52. The second kappa shape index (κ2) is 6.73. The van der Waals surface area contributed by atoms with Crippen LogP contribution in [0.25, 0.3) is 22.6 Å². The molecule has 5 nitrogen and oxygen atoms in total. The Morgan fingerprint density at radius 3 is 2.39 bits per heavy atom. The van der Waals surface area contributed by atoms with E-state index >= 15 is 0 Å². The van der Waals surface area contributed by atoms with Crippen LogP contribution >= 0.6 is 0 Å². The Morgan fingerprint density at radius 1 is 1.00 bits per heavy atom. The van der Waals surface area contributed by atoms with E-state index in [2.05, 4.69) is 9.97 Å². The molecule has 2 aromatic heterocycles. The smallest absolute Gasteiger partial charge is 0.0979 e. The van der Waals surface area contributed by atoms with E-state index in [1.807, 2.05) is 55.5 Å². The normalized spacial score (nSPS) is 11.1. The third kappa shape index (κ3) is 3.02. The van der Waals surface area contributed by atoms with Gasteiger partial charge in [0.05, 0.1) is 42.7 Å². The molecule has 3 aromatic rings. The molecule has 0 amide bonds. The van der Waals surface area contributed by atoms with E-state index in [0.29, 0.717) is 0 Å². The molecule has 0 aliphatic heterocycles. The fourth-order valence-electron chi connectivity index (χ4n) is 2.61. The minimum absolute atomic E-state index is 0.167. The van der Waals surface area contributed by atoms with Gasteiger partial charge in [-0.15, -0.1) is 0 Å². The van der Waals surface area contributed by atoms with Gasteiger partial charge in [-0.3, -0.25) is 4.98 Å². The van der Waals surface area contributed by atoms with Gasteiger partial charge in [-0.2, -0.15) is 0 Å². The number of aromatic nitrogens is 3. The zero-order valence-electron chi connectivity index (χ0n) is 12.9. The fraction of sp³-hybridized carbons (Fsp3) is 0.222. The molecule has 0 radical (unpaired) electrons. The van der Waals surface area contributed by atoms with Crippen molar-refractivity contribution in [1.29, 1.82) is 0 Å². The standard InChI is InChI=1S/C18H19N3O2/c1-13-6-5-9-16(20-13)18-17(14-7-3-2-4-8-14)19-12-21(18)15(10-22)11-23/h2-9,12,15,22-23H,10-11H2,1H3. The molecule has 0 unspecified atom stereocenters. The SMILES string of the molecule is Cc1cccc(-c2c(-c3ccccc3)ncn2C(CO)CO)n1. The van der Waals surface area contributed by atoms with Crippen LogP contribution in [0.3, 0.4) is 0 Å². The maximum Gasteiger partial charge on any atom is 0.0979 e. The second-order valence-electron chi connectivity index (χ2n) is 5.40. The van der Waals surface area contributed by atoms with E-state index in [1.54, 1.807) is 10.9 Å². The molecule has 2 heterocycles. The van der Waals surface area contributed by atoms with E-state index in [0.717, 1.165) is 28.3 Å². The number of aryl methyl sites for hydroxylation is 1. The third-order valence-electron chi connectivity index (χ3n) is 3.79. The van der Waals surface area contributed by atoms with Crippen molar-refractivity contribution >= 4 is 0 Å². The van der Waals surface area contributed by atoms with E-state index < -0.39 is 6.04 Å². The van der Waals surface area contributed by atoms with Crippen molar-refractivity contribution in [1.82, 2.24) is 14.5 Å². The number of hydrogen-bond acceptors (Lipinski definition) is 4. The number of hydrogen-bond donors (Lipinski definition) is 2. The summed E-state index contributed by atoms with van der Waals surface area (Å²) in [5.41, 5.74) is 4.23. The Balaban J connectivity index is 2.22. The van der Waals surface area contributed by atoms with Gasteiger partial charge in [-0.05, 0) is 19.1 Å². The van der Waals surface area contributed by atoms with E-state index in [4.69, 9.17) is 0 Å². The molecule has 0 fully saturated rings. The first-order valence-electron chi connectivity index (χ1n) is 7.52. The van der Waals surface area contributed by atoms with E-state index in [-0.39, 0.29) is 13.2 Å². The van der Waals surface area contributed by atoms with Gasteiger partial charge >= 0.3 is 0 Å². The largest absolute Gasteiger partial charge is 0.394 e. The van der Waals surface area contributed by atoms with Crippen LogP contribution in [0, 0.1) is 6.92 Å². The van der Waals surface area contributed by atoms with Crippen molar-refractivity contribution in [3.63, 3.8) is 0 Å². The zero-order valence-corrected chi connectivity index (χ0v) is 12.9. The van der Waals surface area contributed by atoms with Crippen molar-refractivity contribution in [2.75, 3.05) is 13.2 Å². The highest BCUT2D eigenvalue weighted by Gasteiger charge is 2.20. The van der Waals surface area contributed by atoms with Crippen LogP contribution in [0.15, 0.2) is 54.9 Å². The van der Waals surface area contributed by atoms with Gasteiger partial charge in [0.1, 0.15) is 0 Å². The molecule has 23 heavy (non-hydrogen) atoms. The van der Waals surface area contributed by atoms with Gasteiger partial charge in [-0.25, -0.2) is 4.98 Å². The molecule has 3 rings (SSSR count). The molecule has 118 valence electrons. The van der Waals surface area contributed by atoms with Crippen LogP contribution in [0.4, 0.5) is 0 Å². The molecule has 0 saturated carbocycles. The number of nitrogens with zero attached hydrogens (tertiary/aromatic N) is 3. The summed E-state index contributed by atoms with van der Waals surface area (Å²) in [6, 6.07) is 15.2. The number of aliphatic hydroxyl groups excluding tert-OH is 2. The van der Waals surface area contributed by atoms with Gasteiger partial charge in [0.15, 0.2) is 0 Å². The van der Waals surface area contributed by atoms with Crippen LogP contribution in [0.1, 0.15) is 11.7 Å². The summed E-state index contributed by atoms with van der Waals surface area (Å²) in [4.78, 5) is 9.10. The maximum absolute atomic E-state index is 9.56. The van der Waals surface area contributed by atoms with Crippen molar-refractivity contribution in [3.05, 3.63) is 60.6 Å². The summed E-state index contributed by atoms with van der Waals surface area (Å²) in [7, 11) is 0. The lowest BCUT2D eigenvalue weighted by molar-refractivity contribution is 0.155. The molecule has 0 saturated heterocycles. The molecule has 5 heteroatoms. The van der Waals surface area contributed by atoms with E-state index in [9.17, 15) is 10.2 Å². The Hall–Kier alpha value is -2.50. The topological polar surface area (TPSA) is 71.2 Å². The molecule has 0 bridgehead atoms. The van der Waals surface area contributed by atoms with Gasteiger partial charge in [0, 0.05) is 11.3 Å². The zero-order chi connectivity index (χ0) is 16.2. The summed E-state index contributed by atoms with van der Waals surface area (Å²) < 4.78 is 1.80. The quantitative estimate of drug-likeness (QED) is 0.759. The molecule has 0 aliphatic rings. The van der Waals surface area contributed by atoms with Crippen LogP contribution in [0.5, 0.6) is 0 Å². The number of pyridine rings is 1. The van der Waals surface area contributed by atoms with Crippen molar-refractivity contribution in [2.45, 2.75) is 13.0 Å². The molecular weight excluding hydrogens is 290 g/mol. The van der Waals surface area contributed by atoms with Gasteiger partial charge in [0.2, 0.25) is 0 Å². The number of aliphatic hydroxyl groups is 2. The average Bonchev–Trinajstić information content (AvgIpc) is 3.02. The predicted molar refractivity (Wildman–Crippen MR) is 88.8 cm³/mol. The number of rotatable bonds is 5. The lowest BCUT2D eigenvalue weighted by Crippen LogP contribution is -2.17. The summed E-state index contributed by atoms with van der Waals surface area (Å²) in [5, 5.41) is 19.1. The monoisotopic (exact) mass is 309 g/mol. The summed E-state index contributed by atoms with van der Waals surface area (Å²) in [6.07, 6.45) is 1.65. The van der Waals surface area contributed by atoms with E-state index in [1.165, 1.54) is 0 Å². The Kier molecular flexibility index (Phi) is 4.50. The lowest BCUT2D eigenvalue weighted by Gasteiger charge is -2.17. The molecular formula is C18H19N3O2. The number of imidazole rings is 1. The predicted octanol–water partition coefficient (Wildman–Crippen LogP) is 2.45. The first kappa shape index (κ1) is 15.4. The van der Waals surface area contributed by atoms with Crippen LogP contribution < -0.4 is 0 Å². The molecule has 0 aliphatic carbocycles. The summed E-state index contributed by atoms with van der Waals surface area (Å²) in [6.45, 7) is 1.60. The first-order chi connectivity index (χ1) is 11.2. The highest BCUT2D eigenvalue weighted by atomic mass is 16.3. The van der Waals surface area contributed by atoms with Gasteiger partial charge in [0.25, 0.3) is 0 Å². The van der Waals surface area contributed by atoms with Gasteiger partial charge < -0.3 is 14.8 Å². The van der Waals surface area contributed by atoms with Crippen molar-refractivity contribution in [3.8, 4) is 22.6 Å². The molecule has 0 spiro atoms. The molecule has 1 aromatic carbocycles. The second-order valence-corrected chi connectivity index (χ2v) is 5.40. The minimum atomic E-state index is -0.447. The minimum Gasteiger partial charge on any atom is -0.394 e. The fourth-order valence-corrected chi connectivity index (χ4v) is 2.61. The third-order valence-corrected chi connectivity index (χ3v) is 3.79. The molecule has 2 N–H and O–H groups in total. The van der Waals surface area contributed by atoms with Crippen molar-refractivity contribution in [2.24, 2.45) is 0 Å². The van der Waals surface area contributed by atoms with Gasteiger partial charge in [-0.1, -0.05) is 36.4 Å². The maximum atomic E-state index is 9.56. The highest BCUT2D eigenvalue weighted by molar-refractivity contribution is 5.76. The highest BCUT2D eigenvalue weighted by Crippen LogP contribution is 2.32. The Morgan fingerprint density at radius 2 is 1.74 bits per heavy atom. The summed E-state index contributed by atoms with van der Waals surface area (Å²) in [5.74, 6) is 0. The summed E-state index contributed by atoms with van der Waals surface area (Å²) >= 11 is 0. The van der Waals surface area contributed by atoms with Crippen LogP contribution in [-0.2, 0) is 0 Å². The molecule has 0 atom stereocenters. The average molecular weight is 309 g/mol. The van der Waals surface area contributed by atoms with Crippen LogP contribution in [0.2, 0.25) is 0 Å². The van der Waals surface area contributed by atoms with Crippen LogP contribution in [-0.4, -0.2) is 38.0 Å².